The van der Waals surface area contributed by atoms with Gasteiger partial charge in [-0.2, -0.15) is 0 Å². The summed E-state index contributed by atoms with van der Waals surface area (Å²) < 4.78 is 0. The Morgan fingerprint density at radius 3 is 1.95 bits per heavy atom. The molecular weight excluding hydrogens is 514 g/mol. The second-order valence-electron chi connectivity index (χ2n) is 9.16. The summed E-state index contributed by atoms with van der Waals surface area (Å²) in [5.74, 6) is -3.93. The number of nitrogens with two attached hydrogens (primary N) is 6. The second-order valence-corrected chi connectivity index (χ2v) is 9.16. The minimum absolute atomic E-state index is 0.00934. The highest BCUT2D eigenvalue weighted by Crippen LogP contribution is 2.20. The van der Waals surface area contributed by atoms with E-state index in [4.69, 9.17) is 34.4 Å². The predicted octanol–water partition coefficient (Wildman–Crippen LogP) is -4.27. The third-order valence-electron chi connectivity index (χ3n) is 6.00. The monoisotopic (exact) mass is 555 g/mol. The SMILES string of the molecule is NC(=O)CCC(N)C(=O)NC(CCCN=C(N)N)C(=O)N1CCCC1C(=O)NC(CCCN=C(N)N)C(=O)O. The standard InChI is InChI=1S/C22H41N11O6/c23-12(7-8-16(24)34)17(35)31-13(4-1-9-29-21(25)26)19(37)33-11-3-6-15(33)18(36)32-14(20(38)39)5-2-10-30-22(27)28/h12-15H,1-11,23H2,(H2,24,34)(H,31,35)(H,32,36)(H,38,39)(H4,25,26,29)(H4,27,28,30). The molecule has 0 spiro atoms. The number of carboxylic acids is 1. The summed E-state index contributed by atoms with van der Waals surface area (Å²) in [4.78, 5) is 70.8. The fourth-order valence-corrected chi connectivity index (χ4v) is 4.00. The van der Waals surface area contributed by atoms with Crippen LogP contribution in [0, 0.1) is 0 Å². The van der Waals surface area contributed by atoms with Gasteiger partial charge in [0.2, 0.25) is 23.6 Å². The minimum Gasteiger partial charge on any atom is -0.480 e. The van der Waals surface area contributed by atoms with Crippen LogP contribution in [0.3, 0.4) is 0 Å². The smallest absolute Gasteiger partial charge is 0.326 e. The van der Waals surface area contributed by atoms with Gasteiger partial charge < -0.3 is 55.0 Å². The number of aliphatic carboxylic acids is 1. The minimum atomic E-state index is -1.24. The summed E-state index contributed by atoms with van der Waals surface area (Å²) >= 11 is 0. The number of primary amides is 1. The number of carbonyl (C=O) groups is 5. The van der Waals surface area contributed by atoms with Crippen LogP contribution in [0.2, 0.25) is 0 Å². The van der Waals surface area contributed by atoms with Crippen LogP contribution in [-0.4, -0.2) is 95.3 Å². The molecule has 15 N–H and O–H groups in total. The van der Waals surface area contributed by atoms with Crippen molar-refractivity contribution in [1.82, 2.24) is 15.5 Å². The van der Waals surface area contributed by atoms with E-state index in [9.17, 15) is 29.1 Å². The molecule has 4 unspecified atom stereocenters. The number of carboxylic acid groups (broad SMARTS) is 1. The topological polar surface area (TPSA) is 314 Å². The van der Waals surface area contributed by atoms with Crippen molar-refractivity contribution in [2.75, 3.05) is 19.6 Å². The first-order valence-corrected chi connectivity index (χ1v) is 12.6. The van der Waals surface area contributed by atoms with E-state index in [1.807, 2.05) is 0 Å². The van der Waals surface area contributed by atoms with E-state index in [2.05, 4.69) is 20.6 Å². The zero-order chi connectivity index (χ0) is 29.5. The molecular formula is C22H41N11O6. The van der Waals surface area contributed by atoms with Gasteiger partial charge in [-0.3, -0.25) is 29.2 Å². The van der Waals surface area contributed by atoms with Crippen molar-refractivity contribution in [2.45, 2.75) is 75.5 Å². The van der Waals surface area contributed by atoms with Gasteiger partial charge in [-0.1, -0.05) is 0 Å². The van der Waals surface area contributed by atoms with Crippen LogP contribution in [0.25, 0.3) is 0 Å². The van der Waals surface area contributed by atoms with E-state index in [1.165, 1.54) is 4.90 Å². The molecule has 39 heavy (non-hydrogen) atoms. The molecule has 0 aromatic carbocycles. The molecule has 1 fully saturated rings. The number of guanidine groups is 2. The summed E-state index contributed by atoms with van der Waals surface area (Å²) in [7, 11) is 0. The molecule has 0 bridgehead atoms. The highest BCUT2D eigenvalue weighted by molar-refractivity contribution is 5.94. The quantitative estimate of drug-likeness (QED) is 0.0469. The van der Waals surface area contributed by atoms with E-state index >= 15 is 0 Å². The van der Waals surface area contributed by atoms with E-state index in [-0.39, 0.29) is 57.2 Å². The molecule has 0 aromatic heterocycles. The number of likely N-dealkylation sites (tertiary alicyclic amines) is 1. The number of nitrogens with zero attached hydrogens (tertiary/aromatic N) is 3. The zero-order valence-electron chi connectivity index (χ0n) is 21.9. The summed E-state index contributed by atoms with van der Waals surface area (Å²) in [5, 5.41) is 14.6. The number of aliphatic imine (C=N–C) groups is 2. The van der Waals surface area contributed by atoms with Crippen molar-refractivity contribution in [2.24, 2.45) is 44.4 Å². The molecule has 1 heterocycles. The average Bonchev–Trinajstić information content (AvgIpc) is 3.35. The van der Waals surface area contributed by atoms with Crippen LogP contribution in [-0.2, 0) is 24.0 Å². The predicted molar refractivity (Wildman–Crippen MR) is 142 cm³/mol. The lowest BCUT2D eigenvalue weighted by molar-refractivity contribution is -0.145. The summed E-state index contributed by atoms with van der Waals surface area (Å²) in [6, 6.07) is -4.28. The molecule has 4 atom stereocenters. The van der Waals surface area contributed by atoms with E-state index in [0.29, 0.717) is 25.7 Å². The fraction of sp³-hybridized carbons (Fsp3) is 0.682. The summed E-state index contributed by atoms with van der Waals surface area (Å²) in [6.45, 7) is 0.617. The molecule has 1 rings (SSSR count). The Morgan fingerprint density at radius 2 is 1.44 bits per heavy atom. The lowest BCUT2D eigenvalue weighted by atomic mass is 10.1. The molecule has 0 radical (unpaired) electrons. The van der Waals surface area contributed by atoms with Gasteiger partial charge >= 0.3 is 5.97 Å². The Kier molecular flexibility index (Phi) is 14.0. The fourth-order valence-electron chi connectivity index (χ4n) is 4.00. The first-order valence-electron chi connectivity index (χ1n) is 12.6. The van der Waals surface area contributed by atoms with Crippen LogP contribution in [0.5, 0.6) is 0 Å². The zero-order valence-corrected chi connectivity index (χ0v) is 21.9. The molecule has 0 saturated carbocycles. The molecule has 220 valence electrons. The number of nitrogens with one attached hydrogen (secondary N) is 2. The van der Waals surface area contributed by atoms with Crippen LogP contribution >= 0.6 is 0 Å². The Balaban J connectivity index is 2.95. The second kappa shape index (κ2) is 16.6. The van der Waals surface area contributed by atoms with Gasteiger partial charge in [0, 0.05) is 26.1 Å². The largest absolute Gasteiger partial charge is 0.480 e. The summed E-state index contributed by atoms with van der Waals surface area (Å²) in [6.07, 6.45) is 1.54. The van der Waals surface area contributed by atoms with Crippen molar-refractivity contribution in [3.63, 3.8) is 0 Å². The number of hydrogen-bond donors (Lipinski definition) is 9. The van der Waals surface area contributed by atoms with Gasteiger partial charge in [0.25, 0.3) is 0 Å². The maximum atomic E-state index is 13.5. The lowest BCUT2D eigenvalue weighted by Crippen LogP contribution is -2.56. The van der Waals surface area contributed by atoms with Gasteiger partial charge in [-0.05, 0) is 44.9 Å². The molecule has 1 aliphatic rings. The third-order valence-corrected chi connectivity index (χ3v) is 6.00. The Morgan fingerprint density at radius 1 is 0.872 bits per heavy atom. The maximum Gasteiger partial charge on any atom is 0.326 e. The highest BCUT2D eigenvalue weighted by atomic mass is 16.4. The van der Waals surface area contributed by atoms with Crippen LogP contribution < -0.4 is 45.0 Å². The van der Waals surface area contributed by atoms with Gasteiger partial charge in [0.1, 0.15) is 18.1 Å². The Hall–Kier alpha value is -4.15. The molecule has 4 amide bonds. The lowest BCUT2D eigenvalue weighted by Gasteiger charge is -2.30. The van der Waals surface area contributed by atoms with Crippen molar-refractivity contribution in [3.05, 3.63) is 0 Å². The number of amides is 4. The number of carbonyl (C=O) groups excluding carboxylic acids is 4. The Bertz CT molecular complexity index is 933. The summed E-state index contributed by atoms with van der Waals surface area (Å²) in [5.41, 5.74) is 32.1. The Labute approximate surface area is 226 Å². The average molecular weight is 556 g/mol. The molecule has 1 saturated heterocycles. The molecule has 1 aliphatic heterocycles. The van der Waals surface area contributed by atoms with Crippen LogP contribution in [0.4, 0.5) is 0 Å². The van der Waals surface area contributed by atoms with Crippen molar-refractivity contribution < 1.29 is 29.1 Å². The first kappa shape index (κ1) is 32.9. The first-order chi connectivity index (χ1) is 18.3. The van der Waals surface area contributed by atoms with Gasteiger partial charge in [-0.15, -0.1) is 0 Å². The van der Waals surface area contributed by atoms with Crippen molar-refractivity contribution in [1.29, 1.82) is 0 Å². The van der Waals surface area contributed by atoms with Gasteiger partial charge in [0.05, 0.1) is 6.04 Å². The number of rotatable bonds is 17. The van der Waals surface area contributed by atoms with Gasteiger partial charge in [-0.25, -0.2) is 4.79 Å². The van der Waals surface area contributed by atoms with Gasteiger partial charge in [0.15, 0.2) is 11.9 Å². The highest BCUT2D eigenvalue weighted by Gasteiger charge is 2.39. The molecule has 0 aromatic rings. The molecule has 0 aliphatic carbocycles. The van der Waals surface area contributed by atoms with Crippen molar-refractivity contribution >= 4 is 41.5 Å². The molecule has 17 nitrogen and oxygen atoms in total. The van der Waals surface area contributed by atoms with Crippen LogP contribution in [0.15, 0.2) is 9.98 Å². The van der Waals surface area contributed by atoms with Crippen molar-refractivity contribution in [3.8, 4) is 0 Å². The molecule has 17 heteroatoms. The normalized spacial score (nSPS) is 16.8. The van der Waals surface area contributed by atoms with E-state index in [0.717, 1.165) is 0 Å². The maximum absolute atomic E-state index is 13.5. The van der Waals surface area contributed by atoms with Crippen LogP contribution in [0.1, 0.15) is 51.4 Å². The number of hydrogen-bond acceptors (Lipinski definition) is 8. The third kappa shape index (κ3) is 12.3. The van der Waals surface area contributed by atoms with E-state index in [1.54, 1.807) is 0 Å². The van der Waals surface area contributed by atoms with E-state index < -0.39 is 53.8 Å².